The van der Waals surface area contributed by atoms with Gasteiger partial charge in [0.1, 0.15) is 18.1 Å². The Kier molecular flexibility index (Phi) is 11.8. The van der Waals surface area contributed by atoms with Crippen molar-refractivity contribution < 1.29 is 34.2 Å². The second kappa shape index (κ2) is 14.5. The molecule has 0 aliphatic rings. The molecule has 0 spiro atoms. The van der Waals surface area contributed by atoms with Crippen molar-refractivity contribution in [2.75, 3.05) is 17.8 Å². The van der Waals surface area contributed by atoms with Crippen LogP contribution in [0.3, 0.4) is 0 Å². The SMILES string of the molecule is CSCCC(NC(=O)C(Cc1c[nH]c2ccccc12)NC(=O)C(N)CC(=O)O)C(=O)NC(CS)C(=O)O. The maximum Gasteiger partial charge on any atom is 0.327 e. The van der Waals surface area contributed by atoms with Crippen molar-refractivity contribution in [3.05, 3.63) is 36.0 Å². The molecule has 14 heteroatoms. The number of hydrogen-bond acceptors (Lipinski definition) is 8. The van der Waals surface area contributed by atoms with Crippen LogP contribution in [0.15, 0.2) is 30.5 Å². The lowest BCUT2D eigenvalue weighted by Gasteiger charge is -2.25. The maximum absolute atomic E-state index is 13.3. The summed E-state index contributed by atoms with van der Waals surface area (Å²) >= 11 is 5.37. The van der Waals surface area contributed by atoms with Crippen molar-refractivity contribution in [1.82, 2.24) is 20.9 Å². The fraction of sp³-hybridized carbons (Fsp3) is 0.435. The summed E-state index contributed by atoms with van der Waals surface area (Å²) in [6, 6.07) is 2.42. The molecule has 202 valence electrons. The van der Waals surface area contributed by atoms with Crippen LogP contribution in [-0.2, 0) is 30.4 Å². The van der Waals surface area contributed by atoms with Gasteiger partial charge in [-0.3, -0.25) is 19.2 Å². The van der Waals surface area contributed by atoms with Crippen LogP contribution >= 0.6 is 24.4 Å². The lowest BCUT2D eigenvalue weighted by atomic mass is 10.0. The molecule has 0 radical (unpaired) electrons. The molecule has 2 aromatic rings. The number of nitrogens with one attached hydrogen (secondary N) is 4. The Balaban J connectivity index is 2.28. The van der Waals surface area contributed by atoms with Crippen LogP contribution in [0.25, 0.3) is 10.9 Å². The lowest BCUT2D eigenvalue weighted by Crippen LogP contribution is -2.58. The summed E-state index contributed by atoms with van der Waals surface area (Å²) in [5, 5.41) is 26.5. The summed E-state index contributed by atoms with van der Waals surface area (Å²) in [6.07, 6.45) is 3.09. The Hall–Kier alpha value is -3.23. The van der Waals surface area contributed by atoms with Crippen molar-refractivity contribution in [3.63, 3.8) is 0 Å². The van der Waals surface area contributed by atoms with Gasteiger partial charge in [-0.1, -0.05) is 18.2 Å². The number of rotatable bonds is 15. The minimum atomic E-state index is -1.39. The molecule has 3 amide bonds. The first kappa shape index (κ1) is 30.0. The van der Waals surface area contributed by atoms with E-state index in [0.717, 1.165) is 10.9 Å². The van der Waals surface area contributed by atoms with Gasteiger partial charge in [-0.15, -0.1) is 0 Å². The van der Waals surface area contributed by atoms with Gasteiger partial charge in [0.2, 0.25) is 17.7 Å². The highest BCUT2D eigenvalue weighted by molar-refractivity contribution is 7.98. The van der Waals surface area contributed by atoms with E-state index in [1.807, 2.05) is 30.5 Å². The van der Waals surface area contributed by atoms with Crippen molar-refractivity contribution in [2.45, 2.75) is 43.4 Å². The van der Waals surface area contributed by atoms with Crippen molar-refractivity contribution in [3.8, 4) is 0 Å². The number of hydrogen-bond donors (Lipinski definition) is 8. The zero-order valence-electron chi connectivity index (χ0n) is 20.1. The fourth-order valence-corrected chi connectivity index (χ4v) is 4.24. The largest absolute Gasteiger partial charge is 0.481 e. The quantitative estimate of drug-likeness (QED) is 0.137. The molecule has 1 heterocycles. The monoisotopic (exact) mass is 553 g/mol. The molecular weight excluding hydrogens is 522 g/mol. The van der Waals surface area contributed by atoms with Crippen LogP contribution < -0.4 is 21.7 Å². The van der Waals surface area contributed by atoms with Crippen LogP contribution in [0.2, 0.25) is 0 Å². The Morgan fingerprint density at radius 1 is 1.00 bits per heavy atom. The standard InChI is InChI=1S/C23H31N5O7S2/c1-37-7-6-16(21(32)28-18(11-36)23(34)35)26-22(33)17(27-20(31)14(24)9-19(29)30)8-12-10-25-15-5-3-2-4-13(12)15/h2-5,10,14,16-18,25,36H,6-9,11,24H2,1H3,(H,26,33)(H,27,31)(H,28,32)(H,29,30)(H,34,35). The summed E-state index contributed by atoms with van der Waals surface area (Å²) in [4.78, 5) is 64.1. The third-order valence-corrected chi connectivity index (χ3v) is 6.51. The maximum atomic E-state index is 13.3. The Bertz CT molecular complexity index is 1130. The number of thioether (sulfide) groups is 1. The molecule has 0 aliphatic heterocycles. The predicted molar refractivity (Wildman–Crippen MR) is 143 cm³/mol. The van der Waals surface area contributed by atoms with E-state index in [-0.39, 0.29) is 18.6 Å². The van der Waals surface area contributed by atoms with Gasteiger partial charge in [-0.2, -0.15) is 24.4 Å². The van der Waals surface area contributed by atoms with Gasteiger partial charge in [-0.05, 0) is 30.1 Å². The molecule has 0 aliphatic carbocycles. The molecule has 2 rings (SSSR count). The first-order chi connectivity index (χ1) is 17.6. The number of benzene rings is 1. The zero-order valence-corrected chi connectivity index (χ0v) is 21.8. The number of carboxylic acids is 2. The van der Waals surface area contributed by atoms with Gasteiger partial charge >= 0.3 is 11.9 Å². The highest BCUT2D eigenvalue weighted by Gasteiger charge is 2.31. The number of aromatic amines is 1. The van der Waals surface area contributed by atoms with E-state index in [2.05, 4.69) is 33.6 Å². The number of H-pyrrole nitrogens is 1. The van der Waals surface area contributed by atoms with Gasteiger partial charge in [-0.25, -0.2) is 4.79 Å². The number of nitrogens with two attached hydrogens (primary N) is 1. The summed E-state index contributed by atoms with van der Waals surface area (Å²) in [5.41, 5.74) is 7.20. The summed E-state index contributed by atoms with van der Waals surface area (Å²) < 4.78 is 0. The van der Waals surface area contributed by atoms with Crippen molar-refractivity contribution in [2.24, 2.45) is 5.73 Å². The summed E-state index contributed by atoms with van der Waals surface area (Å²) in [5.74, 6) is -4.45. The smallest absolute Gasteiger partial charge is 0.327 e. The second-order valence-electron chi connectivity index (χ2n) is 8.25. The van der Waals surface area contributed by atoms with Crippen LogP contribution in [0, 0.1) is 0 Å². The predicted octanol–water partition coefficient (Wildman–Crippen LogP) is -0.266. The Morgan fingerprint density at radius 2 is 1.62 bits per heavy atom. The van der Waals surface area contributed by atoms with E-state index in [4.69, 9.17) is 10.8 Å². The number of carboxylic acid groups (broad SMARTS) is 2. The number of carbonyl (C=O) groups excluding carboxylic acids is 3. The highest BCUT2D eigenvalue weighted by atomic mass is 32.2. The first-order valence-electron chi connectivity index (χ1n) is 11.3. The van der Waals surface area contributed by atoms with Crippen LogP contribution in [-0.4, -0.2) is 86.8 Å². The minimum Gasteiger partial charge on any atom is -0.481 e. The second-order valence-corrected chi connectivity index (χ2v) is 9.60. The summed E-state index contributed by atoms with van der Waals surface area (Å²) in [6.45, 7) is 0. The number of amides is 3. The summed E-state index contributed by atoms with van der Waals surface area (Å²) in [7, 11) is 0. The third kappa shape index (κ3) is 8.98. The van der Waals surface area contributed by atoms with E-state index < -0.39 is 60.2 Å². The van der Waals surface area contributed by atoms with Crippen LogP contribution in [0.4, 0.5) is 0 Å². The van der Waals surface area contributed by atoms with E-state index in [9.17, 15) is 29.1 Å². The molecule has 0 saturated carbocycles. The Labute approximate surface area is 222 Å². The number of fused-ring (bicyclic) bond motifs is 1. The molecule has 1 aromatic carbocycles. The van der Waals surface area contributed by atoms with Gasteiger partial charge in [0.25, 0.3) is 0 Å². The average Bonchev–Trinajstić information content (AvgIpc) is 3.26. The molecule has 4 unspecified atom stereocenters. The zero-order chi connectivity index (χ0) is 27.5. The molecule has 4 atom stereocenters. The molecule has 0 saturated heterocycles. The molecule has 0 fully saturated rings. The van der Waals surface area contributed by atoms with E-state index in [0.29, 0.717) is 11.3 Å². The van der Waals surface area contributed by atoms with E-state index in [1.165, 1.54) is 11.8 Å². The van der Waals surface area contributed by atoms with Gasteiger partial charge in [0.15, 0.2) is 0 Å². The van der Waals surface area contributed by atoms with Gasteiger partial charge < -0.3 is 36.9 Å². The average molecular weight is 554 g/mol. The van der Waals surface area contributed by atoms with Crippen LogP contribution in [0.5, 0.6) is 0 Å². The van der Waals surface area contributed by atoms with E-state index in [1.54, 1.807) is 6.20 Å². The number of aliphatic carboxylic acids is 2. The Morgan fingerprint density at radius 3 is 2.24 bits per heavy atom. The third-order valence-electron chi connectivity index (χ3n) is 5.50. The number of aromatic nitrogens is 1. The minimum absolute atomic E-state index is 0.0205. The lowest BCUT2D eigenvalue weighted by molar-refractivity contribution is -0.141. The number of para-hydroxylation sites is 1. The highest BCUT2D eigenvalue weighted by Crippen LogP contribution is 2.19. The topological polar surface area (TPSA) is 204 Å². The van der Waals surface area contributed by atoms with Gasteiger partial charge in [0.05, 0.1) is 12.5 Å². The molecule has 12 nitrogen and oxygen atoms in total. The normalized spacial score (nSPS) is 14.2. The molecule has 8 N–H and O–H groups in total. The number of thiol groups is 1. The first-order valence-corrected chi connectivity index (χ1v) is 13.4. The van der Waals surface area contributed by atoms with Crippen LogP contribution in [0.1, 0.15) is 18.4 Å². The molecule has 37 heavy (non-hydrogen) atoms. The fourth-order valence-electron chi connectivity index (χ4n) is 3.52. The van der Waals surface area contributed by atoms with E-state index >= 15 is 0 Å². The van der Waals surface area contributed by atoms with Crippen molar-refractivity contribution in [1.29, 1.82) is 0 Å². The molecule has 0 bridgehead atoms. The van der Waals surface area contributed by atoms with Gasteiger partial charge in [0, 0.05) is 29.3 Å². The number of carbonyl (C=O) groups is 5. The van der Waals surface area contributed by atoms with Crippen molar-refractivity contribution >= 4 is 65.0 Å². The molecule has 1 aromatic heterocycles. The molecular formula is C23H31N5O7S2.